The van der Waals surface area contributed by atoms with Crippen molar-refractivity contribution in [2.24, 2.45) is 5.41 Å². The largest absolute Gasteiger partial charge is 0.314 e. The van der Waals surface area contributed by atoms with E-state index in [-0.39, 0.29) is 0 Å². The molecule has 2 aliphatic carbocycles. The van der Waals surface area contributed by atoms with Crippen molar-refractivity contribution >= 4 is 0 Å². The first kappa shape index (κ1) is 14.1. The summed E-state index contributed by atoms with van der Waals surface area (Å²) in [6.45, 7) is 5.74. The minimum atomic E-state index is 0.446. The molecular formula is C17H29N3. The fraction of sp³-hybridized carbons (Fsp3) is 0.824. The van der Waals surface area contributed by atoms with Gasteiger partial charge < -0.3 is 5.32 Å². The molecule has 0 saturated heterocycles. The van der Waals surface area contributed by atoms with Crippen LogP contribution in [0.5, 0.6) is 0 Å². The Kier molecular flexibility index (Phi) is 4.16. The zero-order valence-electron chi connectivity index (χ0n) is 13.1. The SMILES string of the molecule is CCNC1CCC(C)(Cc2ccn(C3CCCC3)n2)C1. The molecule has 0 spiro atoms. The summed E-state index contributed by atoms with van der Waals surface area (Å²) in [5, 5.41) is 8.48. The number of nitrogens with zero attached hydrogens (tertiary/aromatic N) is 2. The Morgan fingerprint density at radius 1 is 1.35 bits per heavy atom. The van der Waals surface area contributed by atoms with Crippen LogP contribution in [0.4, 0.5) is 0 Å². The molecule has 1 aromatic rings. The van der Waals surface area contributed by atoms with Crippen LogP contribution < -0.4 is 5.32 Å². The molecular weight excluding hydrogens is 246 g/mol. The predicted molar refractivity (Wildman–Crippen MR) is 82.9 cm³/mol. The first-order valence-corrected chi connectivity index (χ1v) is 8.46. The summed E-state index contributed by atoms with van der Waals surface area (Å²) < 4.78 is 2.24. The van der Waals surface area contributed by atoms with Gasteiger partial charge in [0.05, 0.1) is 11.7 Å². The van der Waals surface area contributed by atoms with Gasteiger partial charge in [-0.15, -0.1) is 0 Å². The molecule has 1 heterocycles. The van der Waals surface area contributed by atoms with Crippen LogP contribution in [-0.4, -0.2) is 22.4 Å². The molecule has 0 aromatic carbocycles. The second kappa shape index (κ2) is 5.88. The summed E-state index contributed by atoms with van der Waals surface area (Å²) in [5.41, 5.74) is 1.75. The van der Waals surface area contributed by atoms with Gasteiger partial charge in [0.1, 0.15) is 0 Å². The lowest BCUT2D eigenvalue weighted by Gasteiger charge is -2.23. The quantitative estimate of drug-likeness (QED) is 0.888. The average molecular weight is 275 g/mol. The van der Waals surface area contributed by atoms with Crippen LogP contribution >= 0.6 is 0 Å². The van der Waals surface area contributed by atoms with Crippen molar-refractivity contribution in [1.29, 1.82) is 0 Å². The highest BCUT2D eigenvalue weighted by molar-refractivity contribution is 5.06. The highest BCUT2D eigenvalue weighted by atomic mass is 15.3. The zero-order valence-corrected chi connectivity index (χ0v) is 13.1. The van der Waals surface area contributed by atoms with Crippen LogP contribution in [-0.2, 0) is 6.42 Å². The summed E-state index contributed by atoms with van der Waals surface area (Å²) in [6, 6.07) is 3.65. The van der Waals surface area contributed by atoms with E-state index in [2.05, 4.69) is 36.1 Å². The Bertz CT molecular complexity index is 433. The van der Waals surface area contributed by atoms with Gasteiger partial charge in [-0.25, -0.2) is 0 Å². The fourth-order valence-corrected chi connectivity index (χ4v) is 4.23. The molecule has 0 radical (unpaired) electrons. The van der Waals surface area contributed by atoms with E-state index in [0.29, 0.717) is 11.5 Å². The lowest BCUT2D eigenvalue weighted by atomic mass is 9.83. The van der Waals surface area contributed by atoms with Crippen LogP contribution in [0, 0.1) is 5.41 Å². The van der Waals surface area contributed by atoms with Crippen LogP contribution in [0.15, 0.2) is 12.3 Å². The summed E-state index contributed by atoms with van der Waals surface area (Å²) in [7, 11) is 0. The molecule has 2 fully saturated rings. The minimum Gasteiger partial charge on any atom is -0.314 e. The van der Waals surface area contributed by atoms with Gasteiger partial charge in [0, 0.05) is 12.2 Å². The molecule has 1 N–H and O–H groups in total. The molecule has 2 atom stereocenters. The monoisotopic (exact) mass is 275 g/mol. The fourth-order valence-electron chi connectivity index (χ4n) is 4.23. The second-order valence-electron chi connectivity index (χ2n) is 7.21. The Labute approximate surface area is 123 Å². The van der Waals surface area contributed by atoms with Crippen molar-refractivity contribution in [3.05, 3.63) is 18.0 Å². The standard InChI is InChI=1S/C17H29N3/c1-3-18-14-8-10-17(2,12-14)13-15-9-11-20(19-15)16-6-4-5-7-16/h9,11,14,16,18H,3-8,10,12-13H2,1-2H3. The molecule has 20 heavy (non-hydrogen) atoms. The van der Waals surface area contributed by atoms with Crippen LogP contribution in [0.25, 0.3) is 0 Å². The number of hydrogen-bond acceptors (Lipinski definition) is 2. The molecule has 2 unspecified atom stereocenters. The van der Waals surface area contributed by atoms with E-state index in [1.807, 2.05) is 0 Å². The second-order valence-corrected chi connectivity index (χ2v) is 7.21. The van der Waals surface area contributed by atoms with Crippen LogP contribution in [0.2, 0.25) is 0 Å². The Hall–Kier alpha value is -0.830. The molecule has 1 aromatic heterocycles. The maximum atomic E-state index is 4.87. The smallest absolute Gasteiger partial charge is 0.0630 e. The van der Waals surface area contributed by atoms with E-state index in [1.165, 1.54) is 50.6 Å². The molecule has 0 bridgehead atoms. The van der Waals surface area contributed by atoms with E-state index in [4.69, 9.17) is 5.10 Å². The van der Waals surface area contributed by atoms with Crippen molar-refractivity contribution in [3.8, 4) is 0 Å². The van der Waals surface area contributed by atoms with Gasteiger partial charge in [0.25, 0.3) is 0 Å². The summed E-state index contributed by atoms with van der Waals surface area (Å²) in [6.07, 6.45) is 12.7. The van der Waals surface area contributed by atoms with Crippen molar-refractivity contribution in [3.63, 3.8) is 0 Å². The molecule has 3 nitrogen and oxygen atoms in total. The first-order chi connectivity index (χ1) is 9.68. The summed E-state index contributed by atoms with van der Waals surface area (Å²) in [4.78, 5) is 0. The zero-order chi connectivity index (χ0) is 14.0. The Balaban J connectivity index is 1.60. The average Bonchev–Trinajstić information content (AvgIpc) is 3.11. The van der Waals surface area contributed by atoms with Crippen molar-refractivity contribution in [2.75, 3.05) is 6.54 Å². The molecule has 3 rings (SSSR count). The molecule has 0 aliphatic heterocycles. The van der Waals surface area contributed by atoms with Crippen molar-refractivity contribution in [1.82, 2.24) is 15.1 Å². The minimum absolute atomic E-state index is 0.446. The van der Waals surface area contributed by atoms with E-state index < -0.39 is 0 Å². The maximum absolute atomic E-state index is 4.87. The van der Waals surface area contributed by atoms with E-state index in [0.717, 1.165) is 19.0 Å². The number of rotatable bonds is 5. The third kappa shape index (κ3) is 3.08. The van der Waals surface area contributed by atoms with Gasteiger partial charge in [-0.2, -0.15) is 5.10 Å². The van der Waals surface area contributed by atoms with Gasteiger partial charge in [-0.1, -0.05) is 26.7 Å². The highest BCUT2D eigenvalue weighted by Gasteiger charge is 2.35. The third-order valence-corrected chi connectivity index (χ3v) is 5.30. The maximum Gasteiger partial charge on any atom is 0.0630 e. The number of hydrogen-bond donors (Lipinski definition) is 1. The van der Waals surface area contributed by atoms with E-state index in [1.54, 1.807) is 0 Å². The molecule has 2 aliphatic rings. The van der Waals surface area contributed by atoms with Gasteiger partial charge >= 0.3 is 0 Å². The molecule has 3 heteroatoms. The molecule has 0 amide bonds. The summed E-state index contributed by atoms with van der Waals surface area (Å²) in [5.74, 6) is 0. The molecule has 112 valence electrons. The lowest BCUT2D eigenvalue weighted by Crippen LogP contribution is -2.28. The first-order valence-electron chi connectivity index (χ1n) is 8.46. The van der Waals surface area contributed by atoms with E-state index in [9.17, 15) is 0 Å². The lowest BCUT2D eigenvalue weighted by molar-refractivity contribution is 0.316. The third-order valence-electron chi connectivity index (χ3n) is 5.30. The normalized spacial score (nSPS) is 31.2. The van der Waals surface area contributed by atoms with E-state index >= 15 is 0 Å². The van der Waals surface area contributed by atoms with Gasteiger partial charge in [-0.05, 0) is 56.6 Å². The topological polar surface area (TPSA) is 29.9 Å². The Morgan fingerprint density at radius 3 is 2.90 bits per heavy atom. The van der Waals surface area contributed by atoms with Crippen LogP contribution in [0.1, 0.15) is 70.5 Å². The summed E-state index contributed by atoms with van der Waals surface area (Å²) >= 11 is 0. The number of aromatic nitrogens is 2. The van der Waals surface area contributed by atoms with Gasteiger partial charge in [0.15, 0.2) is 0 Å². The van der Waals surface area contributed by atoms with Crippen molar-refractivity contribution < 1.29 is 0 Å². The van der Waals surface area contributed by atoms with Gasteiger partial charge in [-0.3, -0.25) is 4.68 Å². The predicted octanol–water partition coefficient (Wildman–Crippen LogP) is 3.71. The van der Waals surface area contributed by atoms with Crippen molar-refractivity contribution in [2.45, 2.75) is 77.3 Å². The molecule has 2 saturated carbocycles. The van der Waals surface area contributed by atoms with Gasteiger partial charge in [0.2, 0.25) is 0 Å². The van der Waals surface area contributed by atoms with Crippen LogP contribution in [0.3, 0.4) is 0 Å². The Morgan fingerprint density at radius 2 is 2.15 bits per heavy atom. The number of nitrogens with one attached hydrogen (secondary N) is 1. The highest BCUT2D eigenvalue weighted by Crippen LogP contribution is 2.40.